The van der Waals surface area contributed by atoms with Gasteiger partial charge in [-0.2, -0.15) is 0 Å². The van der Waals surface area contributed by atoms with Gasteiger partial charge in [-0.1, -0.05) is 31.4 Å². The Hall–Kier alpha value is -1.58. The lowest BCUT2D eigenvalue weighted by molar-refractivity contribution is -0.123. The Morgan fingerprint density at radius 3 is 2.47 bits per heavy atom. The molecular formula is C15H21FN2O. The zero-order valence-electron chi connectivity index (χ0n) is 11.1. The third-order valence-corrected chi connectivity index (χ3v) is 3.76. The number of carbonyl (C=O) groups excluding carboxylic acids is 1. The van der Waals surface area contributed by atoms with Gasteiger partial charge < -0.3 is 11.1 Å². The molecule has 0 heterocycles. The van der Waals surface area contributed by atoms with Gasteiger partial charge in [-0.3, -0.25) is 4.79 Å². The maximum Gasteiger partial charge on any atom is 0.230 e. The Morgan fingerprint density at radius 2 is 1.89 bits per heavy atom. The Balaban J connectivity index is 2.00. The first-order valence-corrected chi connectivity index (χ1v) is 6.92. The van der Waals surface area contributed by atoms with Gasteiger partial charge >= 0.3 is 0 Å². The summed E-state index contributed by atoms with van der Waals surface area (Å²) < 4.78 is 13.2. The molecule has 1 atom stereocenters. The molecule has 3 N–H and O–H groups in total. The molecule has 1 fully saturated rings. The van der Waals surface area contributed by atoms with Gasteiger partial charge in [0, 0.05) is 11.7 Å². The van der Waals surface area contributed by atoms with Gasteiger partial charge in [0.2, 0.25) is 5.91 Å². The van der Waals surface area contributed by atoms with Crippen molar-refractivity contribution in [3.05, 3.63) is 29.8 Å². The predicted molar refractivity (Wildman–Crippen MR) is 74.6 cm³/mol. The van der Waals surface area contributed by atoms with Gasteiger partial charge in [0.15, 0.2) is 0 Å². The molecule has 4 heteroatoms. The molecule has 1 saturated carbocycles. The number of hydrogen-bond acceptors (Lipinski definition) is 2. The molecule has 1 aromatic rings. The van der Waals surface area contributed by atoms with Crippen LogP contribution in [0.4, 0.5) is 10.1 Å². The van der Waals surface area contributed by atoms with Crippen LogP contribution in [0.1, 0.15) is 43.6 Å². The van der Waals surface area contributed by atoms with E-state index in [1.807, 2.05) is 0 Å². The zero-order chi connectivity index (χ0) is 13.7. The van der Waals surface area contributed by atoms with Crippen LogP contribution in [0.15, 0.2) is 24.3 Å². The summed E-state index contributed by atoms with van der Waals surface area (Å²) in [6.07, 6.45) is 5.54. The maximum absolute atomic E-state index is 13.2. The summed E-state index contributed by atoms with van der Waals surface area (Å²) in [5.74, 6) is -0.929. The quantitative estimate of drug-likeness (QED) is 0.822. The molecular weight excluding hydrogens is 243 g/mol. The molecule has 3 nitrogen and oxygen atoms in total. The third-order valence-electron chi connectivity index (χ3n) is 3.76. The Labute approximate surface area is 113 Å². The fourth-order valence-electron chi connectivity index (χ4n) is 2.59. The number of carbonyl (C=O) groups is 1. The molecule has 1 unspecified atom stereocenters. The maximum atomic E-state index is 13.2. The van der Waals surface area contributed by atoms with Crippen LogP contribution in [-0.4, -0.2) is 18.6 Å². The van der Waals surface area contributed by atoms with Crippen molar-refractivity contribution in [3.8, 4) is 0 Å². The summed E-state index contributed by atoms with van der Waals surface area (Å²) in [7, 11) is 0. The SMILES string of the molecule is Nc1ccc(C(CF)C(=O)NC2CCCCC2)cc1. The van der Waals surface area contributed by atoms with Crippen LogP contribution in [-0.2, 0) is 4.79 Å². The summed E-state index contributed by atoms with van der Waals surface area (Å²) in [6.45, 7) is -0.678. The van der Waals surface area contributed by atoms with Crippen molar-refractivity contribution < 1.29 is 9.18 Å². The lowest BCUT2D eigenvalue weighted by Crippen LogP contribution is -2.39. The van der Waals surface area contributed by atoms with Crippen LogP contribution in [0.2, 0.25) is 0 Å². The van der Waals surface area contributed by atoms with E-state index in [-0.39, 0.29) is 11.9 Å². The van der Waals surface area contributed by atoms with Crippen LogP contribution in [0, 0.1) is 0 Å². The monoisotopic (exact) mass is 264 g/mol. The molecule has 0 radical (unpaired) electrons. The van der Waals surface area contributed by atoms with Gasteiger partial charge in [-0.05, 0) is 30.5 Å². The lowest BCUT2D eigenvalue weighted by Gasteiger charge is -2.25. The van der Waals surface area contributed by atoms with Crippen molar-refractivity contribution in [1.29, 1.82) is 0 Å². The molecule has 0 spiro atoms. The van der Waals surface area contributed by atoms with Crippen molar-refractivity contribution >= 4 is 11.6 Å². The second-order valence-corrected chi connectivity index (χ2v) is 5.22. The Kier molecular flexibility index (Phi) is 4.77. The number of halogens is 1. The van der Waals surface area contributed by atoms with Gasteiger partial charge in [0.1, 0.15) is 6.67 Å². The normalized spacial score (nSPS) is 17.9. The number of nitrogen functional groups attached to an aromatic ring is 1. The highest BCUT2D eigenvalue weighted by atomic mass is 19.1. The topological polar surface area (TPSA) is 55.1 Å². The summed E-state index contributed by atoms with van der Waals surface area (Å²) in [5, 5.41) is 2.97. The molecule has 0 aromatic heterocycles. The summed E-state index contributed by atoms with van der Waals surface area (Å²) in [5.41, 5.74) is 6.90. The molecule has 1 aliphatic carbocycles. The van der Waals surface area contributed by atoms with E-state index in [1.165, 1.54) is 6.42 Å². The molecule has 2 rings (SSSR count). The van der Waals surface area contributed by atoms with E-state index in [0.717, 1.165) is 25.7 Å². The standard InChI is InChI=1S/C15H21FN2O/c16-10-14(11-6-8-12(17)9-7-11)15(19)18-13-4-2-1-3-5-13/h6-9,13-14H,1-5,10,17H2,(H,18,19). The molecule has 0 bridgehead atoms. The summed E-state index contributed by atoms with van der Waals surface area (Å²) in [4.78, 5) is 12.1. The molecule has 19 heavy (non-hydrogen) atoms. The number of anilines is 1. The van der Waals surface area contributed by atoms with Crippen molar-refractivity contribution in [3.63, 3.8) is 0 Å². The molecule has 104 valence electrons. The Morgan fingerprint density at radius 1 is 1.26 bits per heavy atom. The van der Waals surface area contributed by atoms with Crippen LogP contribution in [0.5, 0.6) is 0 Å². The van der Waals surface area contributed by atoms with Crippen LogP contribution < -0.4 is 11.1 Å². The molecule has 1 amide bonds. The fraction of sp³-hybridized carbons (Fsp3) is 0.533. The van der Waals surface area contributed by atoms with E-state index in [9.17, 15) is 9.18 Å². The number of rotatable bonds is 4. The highest BCUT2D eigenvalue weighted by molar-refractivity contribution is 5.84. The van der Waals surface area contributed by atoms with E-state index in [2.05, 4.69) is 5.32 Å². The minimum Gasteiger partial charge on any atom is -0.399 e. The number of benzene rings is 1. The van der Waals surface area contributed by atoms with E-state index in [0.29, 0.717) is 11.3 Å². The van der Waals surface area contributed by atoms with E-state index < -0.39 is 12.6 Å². The summed E-state index contributed by atoms with van der Waals surface area (Å²) >= 11 is 0. The fourth-order valence-corrected chi connectivity index (χ4v) is 2.59. The minimum absolute atomic E-state index is 0.209. The first kappa shape index (κ1) is 13.8. The number of nitrogens with one attached hydrogen (secondary N) is 1. The second-order valence-electron chi connectivity index (χ2n) is 5.22. The van der Waals surface area contributed by atoms with Gasteiger partial charge in [0.25, 0.3) is 0 Å². The third kappa shape index (κ3) is 3.69. The molecule has 0 saturated heterocycles. The number of alkyl halides is 1. The smallest absolute Gasteiger partial charge is 0.230 e. The van der Waals surface area contributed by atoms with Gasteiger partial charge in [-0.25, -0.2) is 4.39 Å². The van der Waals surface area contributed by atoms with E-state index in [1.54, 1.807) is 24.3 Å². The molecule has 1 aliphatic rings. The zero-order valence-corrected chi connectivity index (χ0v) is 11.1. The predicted octanol–water partition coefficient (Wildman–Crippen LogP) is 2.77. The average Bonchev–Trinajstić information content (AvgIpc) is 2.43. The number of amides is 1. The van der Waals surface area contributed by atoms with Gasteiger partial charge in [0.05, 0.1) is 5.92 Å². The highest BCUT2D eigenvalue weighted by Crippen LogP contribution is 2.21. The largest absolute Gasteiger partial charge is 0.399 e. The van der Waals surface area contributed by atoms with Crippen molar-refractivity contribution in [2.75, 3.05) is 12.4 Å². The summed E-state index contributed by atoms with van der Waals surface area (Å²) in [6, 6.07) is 7.06. The average molecular weight is 264 g/mol. The van der Waals surface area contributed by atoms with Crippen LogP contribution in [0.3, 0.4) is 0 Å². The van der Waals surface area contributed by atoms with E-state index >= 15 is 0 Å². The Bertz CT molecular complexity index is 413. The minimum atomic E-state index is -0.720. The van der Waals surface area contributed by atoms with Crippen molar-refractivity contribution in [1.82, 2.24) is 5.32 Å². The van der Waals surface area contributed by atoms with Gasteiger partial charge in [-0.15, -0.1) is 0 Å². The number of nitrogens with two attached hydrogens (primary N) is 1. The van der Waals surface area contributed by atoms with Crippen LogP contribution >= 0.6 is 0 Å². The second kappa shape index (κ2) is 6.55. The van der Waals surface area contributed by atoms with Crippen molar-refractivity contribution in [2.24, 2.45) is 0 Å². The highest BCUT2D eigenvalue weighted by Gasteiger charge is 2.24. The molecule has 1 aromatic carbocycles. The molecule has 0 aliphatic heterocycles. The van der Waals surface area contributed by atoms with Crippen LogP contribution in [0.25, 0.3) is 0 Å². The lowest BCUT2D eigenvalue weighted by atomic mass is 9.93. The number of hydrogen-bond donors (Lipinski definition) is 2. The van der Waals surface area contributed by atoms with E-state index in [4.69, 9.17) is 5.73 Å². The first-order valence-electron chi connectivity index (χ1n) is 6.92. The van der Waals surface area contributed by atoms with Crippen molar-refractivity contribution in [2.45, 2.75) is 44.1 Å². The first-order chi connectivity index (χ1) is 9.20.